The van der Waals surface area contributed by atoms with Gasteiger partial charge in [-0.25, -0.2) is 0 Å². The minimum atomic E-state index is 0.0155. The van der Waals surface area contributed by atoms with E-state index < -0.39 is 0 Å². The third-order valence-corrected chi connectivity index (χ3v) is 2.02. The Balaban J connectivity index is 3.24. The lowest BCUT2D eigenvalue weighted by atomic mass is 10.2. The van der Waals surface area contributed by atoms with E-state index in [2.05, 4.69) is 15.9 Å². The highest BCUT2D eigenvalue weighted by Gasteiger charge is 2.09. The zero-order valence-electron chi connectivity index (χ0n) is 7.95. The van der Waals surface area contributed by atoms with Gasteiger partial charge in [-0.1, -0.05) is 15.9 Å². The number of methoxy groups -OCH3 is 2. The van der Waals surface area contributed by atoms with Crippen molar-refractivity contribution in [1.82, 2.24) is 0 Å². The van der Waals surface area contributed by atoms with Crippen LogP contribution in [0.5, 0.6) is 17.2 Å². The molecule has 0 bridgehead atoms. The third kappa shape index (κ3) is 2.20. The van der Waals surface area contributed by atoms with E-state index in [1.54, 1.807) is 17.1 Å². The predicted molar refractivity (Wildman–Crippen MR) is 59.2 cm³/mol. The van der Waals surface area contributed by atoms with Crippen LogP contribution in [0.25, 0.3) is 6.08 Å². The molecule has 0 heterocycles. The number of hydrogen-bond donors (Lipinski definition) is 1. The van der Waals surface area contributed by atoms with Crippen molar-refractivity contribution >= 4 is 22.0 Å². The molecule has 14 heavy (non-hydrogen) atoms. The van der Waals surface area contributed by atoms with Gasteiger partial charge in [0.05, 0.1) is 14.2 Å². The highest BCUT2D eigenvalue weighted by atomic mass is 79.9. The molecule has 0 radical (unpaired) electrons. The summed E-state index contributed by atoms with van der Waals surface area (Å²) in [6.07, 6.45) is 1.82. The van der Waals surface area contributed by atoms with Crippen LogP contribution in [0.3, 0.4) is 0 Å². The first kappa shape index (κ1) is 10.9. The summed E-state index contributed by atoms with van der Waals surface area (Å²) < 4.78 is 9.99. The number of ether oxygens (including phenoxy) is 2. The molecule has 0 fully saturated rings. The lowest BCUT2D eigenvalue weighted by molar-refractivity contribution is 0.340. The van der Waals surface area contributed by atoms with E-state index in [4.69, 9.17) is 9.47 Å². The number of hydrogen-bond acceptors (Lipinski definition) is 3. The van der Waals surface area contributed by atoms with Crippen LogP contribution in [0.1, 0.15) is 5.56 Å². The maximum absolute atomic E-state index is 9.60. The van der Waals surface area contributed by atoms with Crippen molar-refractivity contribution in [2.75, 3.05) is 14.2 Å². The van der Waals surface area contributed by atoms with Gasteiger partial charge < -0.3 is 14.6 Å². The number of aromatic hydroxyl groups is 1. The third-order valence-electron chi connectivity index (χ3n) is 1.76. The van der Waals surface area contributed by atoms with Gasteiger partial charge in [0.2, 0.25) is 5.75 Å². The Morgan fingerprint density at radius 1 is 1.21 bits per heavy atom. The van der Waals surface area contributed by atoms with Crippen molar-refractivity contribution in [3.63, 3.8) is 0 Å². The Hall–Kier alpha value is -1.16. The molecule has 4 heteroatoms. The van der Waals surface area contributed by atoms with E-state index in [1.807, 2.05) is 6.08 Å². The van der Waals surface area contributed by atoms with Gasteiger partial charge in [0.15, 0.2) is 11.5 Å². The molecule has 1 aromatic carbocycles. The summed E-state index contributed by atoms with van der Waals surface area (Å²) in [5, 5.41) is 9.60. The summed E-state index contributed by atoms with van der Waals surface area (Å²) in [6, 6.07) is 3.44. The monoisotopic (exact) mass is 258 g/mol. The molecular formula is C10H11BrO3. The Morgan fingerprint density at radius 2 is 1.71 bits per heavy atom. The van der Waals surface area contributed by atoms with Crippen LogP contribution in [-0.2, 0) is 0 Å². The summed E-state index contributed by atoms with van der Waals surface area (Å²) in [5.41, 5.74) is 0.883. The van der Waals surface area contributed by atoms with Gasteiger partial charge in [-0.2, -0.15) is 0 Å². The summed E-state index contributed by atoms with van der Waals surface area (Å²) in [4.78, 5) is 1.72. The topological polar surface area (TPSA) is 38.7 Å². The lowest BCUT2D eigenvalue weighted by Crippen LogP contribution is -1.89. The van der Waals surface area contributed by atoms with E-state index in [9.17, 15) is 5.11 Å². The SMILES string of the molecule is COc1cc(/C=C/Br)cc(OC)c1O. The zero-order chi connectivity index (χ0) is 10.6. The van der Waals surface area contributed by atoms with E-state index in [0.29, 0.717) is 11.5 Å². The molecule has 0 unspecified atom stereocenters. The van der Waals surface area contributed by atoms with Crippen molar-refractivity contribution in [2.24, 2.45) is 0 Å². The summed E-state index contributed by atoms with van der Waals surface area (Å²) >= 11 is 3.17. The second kappa shape index (κ2) is 4.91. The van der Waals surface area contributed by atoms with Gasteiger partial charge in [0.1, 0.15) is 0 Å². The van der Waals surface area contributed by atoms with Crippen LogP contribution in [0.15, 0.2) is 17.1 Å². The Labute approximate surface area is 91.1 Å². The van der Waals surface area contributed by atoms with E-state index in [-0.39, 0.29) is 5.75 Å². The lowest BCUT2D eigenvalue weighted by Gasteiger charge is -2.09. The van der Waals surface area contributed by atoms with Gasteiger partial charge >= 0.3 is 0 Å². The number of phenolic OH excluding ortho intramolecular Hbond substituents is 1. The fourth-order valence-electron chi connectivity index (χ4n) is 1.08. The molecule has 0 aliphatic heterocycles. The van der Waals surface area contributed by atoms with Crippen molar-refractivity contribution < 1.29 is 14.6 Å². The molecule has 0 aliphatic carbocycles. The van der Waals surface area contributed by atoms with Gasteiger partial charge in [0.25, 0.3) is 0 Å². The van der Waals surface area contributed by atoms with E-state index in [1.165, 1.54) is 14.2 Å². The fraction of sp³-hybridized carbons (Fsp3) is 0.200. The quantitative estimate of drug-likeness (QED) is 0.907. The average Bonchev–Trinajstić information content (AvgIpc) is 2.20. The minimum absolute atomic E-state index is 0.0155. The maximum Gasteiger partial charge on any atom is 0.200 e. The minimum Gasteiger partial charge on any atom is -0.502 e. The van der Waals surface area contributed by atoms with Gasteiger partial charge in [-0.3, -0.25) is 0 Å². The van der Waals surface area contributed by atoms with Crippen LogP contribution in [0.2, 0.25) is 0 Å². The Bertz CT molecular complexity index is 322. The molecule has 76 valence electrons. The van der Waals surface area contributed by atoms with Crippen LogP contribution in [-0.4, -0.2) is 19.3 Å². The molecule has 1 rings (SSSR count). The first-order valence-corrected chi connectivity index (χ1v) is 4.86. The van der Waals surface area contributed by atoms with Crippen molar-refractivity contribution in [3.8, 4) is 17.2 Å². The molecule has 0 aliphatic rings. The van der Waals surface area contributed by atoms with Crippen molar-refractivity contribution in [3.05, 3.63) is 22.7 Å². The van der Waals surface area contributed by atoms with Crippen molar-refractivity contribution in [2.45, 2.75) is 0 Å². The van der Waals surface area contributed by atoms with Crippen LogP contribution >= 0.6 is 15.9 Å². The Kier molecular flexibility index (Phi) is 3.83. The van der Waals surface area contributed by atoms with Gasteiger partial charge in [-0.05, 0) is 28.8 Å². The van der Waals surface area contributed by atoms with E-state index in [0.717, 1.165) is 5.56 Å². The molecule has 1 aromatic rings. The van der Waals surface area contributed by atoms with E-state index >= 15 is 0 Å². The maximum atomic E-state index is 9.60. The highest BCUT2D eigenvalue weighted by molar-refractivity contribution is 9.11. The molecule has 0 saturated heterocycles. The average molecular weight is 259 g/mol. The molecule has 0 aromatic heterocycles. The zero-order valence-corrected chi connectivity index (χ0v) is 9.54. The number of halogens is 1. The first-order chi connectivity index (χ1) is 6.72. The first-order valence-electron chi connectivity index (χ1n) is 3.94. The number of rotatable bonds is 3. The molecule has 0 atom stereocenters. The second-order valence-electron chi connectivity index (χ2n) is 2.57. The second-order valence-corrected chi connectivity index (χ2v) is 3.10. The standard InChI is InChI=1S/C10H11BrO3/c1-13-8-5-7(3-4-11)6-9(14-2)10(8)12/h3-6,12H,1-2H3/b4-3+. The van der Waals surface area contributed by atoms with Gasteiger partial charge in [0, 0.05) is 0 Å². The Morgan fingerprint density at radius 3 is 2.07 bits per heavy atom. The molecule has 0 amide bonds. The normalized spacial score (nSPS) is 10.5. The predicted octanol–water partition coefficient (Wildman–Crippen LogP) is 2.78. The summed E-state index contributed by atoms with van der Waals surface area (Å²) in [7, 11) is 2.99. The van der Waals surface area contributed by atoms with Gasteiger partial charge in [-0.15, -0.1) is 0 Å². The fourth-order valence-corrected chi connectivity index (χ4v) is 1.39. The smallest absolute Gasteiger partial charge is 0.200 e. The summed E-state index contributed by atoms with van der Waals surface area (Å²) in [5.74, 6) is 0.802. The molecule has 0 saturated carbocycles. The van der Waals surface area contributed by atoms with Crippen LogP contribution in [0, 0.1) is 0 Å². The highest BCUT2D eigenvalue weighted by Crippen LogP contribution is 2.37. The molecule has 3 nitrogen and oxygen atoms in total. The molecule has 1 N–H and O–H groups in total. The molecule has 0 spiro atoms. The molecular weight excluding hydrogens is 248 g/mol. The summed E-state index contributed by atoms with van der Waals surface area (Å²) in [6.45, 7) is 0. The van der Waals surface area contributed by atoms with Crippen LogP contribution < -0.4 is 9.47 Å². The number of benzene rings is 1. The largest absolute Gasteiger partial charge is 0.502 e. The van der Waals surface area contributed by atoms with Crippen LogP contribution in [0.4, 0.5) is 0 Å². The number of phenols is 1. The van der Waals surface area contributed by atoms with Crippen molar-refractivity contribution in [1.29, 1.82) is 0 Å².